The number of rotatable bonds is 6. The van der Waals surface area contributed by atoms with Crippen LogP contribution >= 0.6 is 22.9 Å². The zero-order valence-corrected chi connectivity index (χ0v) is 18.7. The van der Waals surface area contributed by atoms with Crippen molar-refractivity contribution in [2.75, 3.05) is 12.0 Å². The smallest absolute Gasteiger partial charge is 0.281 e. The van der Waals surface area contributed by atoms with Gasteiger partial charge in [-0.1, -0.05) is 41.9 Å². The summed E-state index contributed by atoms with van der Waals surface area (Å²) in [6.07, 6.45) is 1.30. The van der Waals surface area contributed by atoms with Crippen molar-refractivity contribution in [1.82, 2.24) is 15.0 Å². The summed E-state index contributed by atoms with van der Waals surface area (Å²) >= 11 is 7.26. The van der Waals surface area contributed by atoms with Gasteiger partial charge in [-0.25, -0.2) is 9.66 Å². The SMILES string of the molecule is Cc1sc2ncn(NC(=O)CCNC(=O)c3ccc(Cl)cc3)c(=O)c2c1-c1ccccc1. The normalized spacial score (nSPS) is 10.8. The molecular weight excluding hydrogens is 448 g/mol. The number of amides is 2. The van der Waals surface area contributed by atoms with Crippen LogP contribution in [0.25, 0.3) is 21.3 Å². The maximum atomic E-state index is 13.1. The Morgan fingerprint density at radius 1 is 1.09 bits per heavy atom. The molecule has 0 aliphatic rings. The van der Waals surface area contributed by atoms with Crippen LogP contribution in [0, 0.1) is 6.92 Å². The fourth-order valence-corrected chi connectivity index (χ4v) is 4.45. The number of nitrogens with one attached hydrogen (secondary N) is 2. The first-order chi connectivity index (χ1) is 15.4. The Morgan fingerprint density at radius 2 is 1.81 bits per heavy atom. The third kappa shape index (κ3) is 4.56. The lowest BCUT2D eigenvalue weighted by Crippen LogP contribution is -2.35. The molecule has 0 aliphatic heterocycles. The number of carbonyl (C=O) groups is 2. The molecule has 2 heterocycles. The molecule has 2 aromatic heterocycles. The van der Waals surface area contributed by atoms with Gasteiger partial charge in [-0.05, 0) is 36.8 Å². The minimum atomic E-state index is -0.419. The Kier molecular flexibility index (Phi) is 6.34. The molecule has 0 bridgehead atoms. The molecule has 4 rings (SSSR count). The van der Waals surface area contributed by atoms with Crippen molar-refractivity contribution in [2.24, 2.45) is 0 Å². The maximum Gasteiger partial charge on any atom is 0.281 e. The van der Waals surface area contributed by atoms with Crippen LogP contribution in [-0.2, 0) is 4.79 Å². The molecule has 2 N–H and O–H groups in total. The van der Waals surface area contributed by atoms with Crippen LogP contribution in [-0.4, -0.2) is 28.0 Å². The van der Waals surface area contributed by atoms with Gasteiger partial charge < -0.3 is 5.32 Å². The molecule has 0 spiro atoms. The van der Waals surface area contributed by atoms with E-state index in [1.54, 1.807) is 24.3 Å². The van der Waals surface area contributed by atoms with Crippen molar-refractivity contribution < 1.29 is 9.59 Å². The molecule has 2 amide bonds. The second-order valence-corrected chi connectivity index (χ2v) is 8.69. The van der Waals surface area contributed by atoms with E-state index in [0.29, 0.717) is 20.8 Å². The third-order valence-corrected chi connectivity index (χ3v) is 6.11. The number of fused-ring (bicyclic) bond motifs is 1. The Bertz CT molecular complexity index is 1350. The van der Waals surface area contributed by atoms with Crippen LogP contribution in [0.3, 0.4) is 0 Å². The quantitative estimate of drug-likeness (QED) is 0.449. The van der Waals surface area contributed by atoms with Gasteiger partial charge in [0.25, 0.3) is 11.5 Å². The van der Waals surface area contributed by atoms with Crippen molar-refractivity contribution in [3.63, 3.8) is 0 Å². The number of halogens is 1. The van der Waals surface area contributed by atoms with E-state index in [9.17, 15) is 14.4 Å². The van der Waals surface area contributed by atoms with Crippen LogP contribution in [0.5, 0.6) is 0 Å². The number of aryl methyl sites for hydroxylation is 1. The second kappa shape index (κ2) is 9.33. The van der Waals surface area contributed by atoms with Gasteiger partial charge in [0, 0.05) is 34.0 Å². The summed E-state index contributed by atoms with van der Waals surface area (Å²) in [6.45, 7) is 2.06. The lowest BCUT2D eigenvalue weighted by molar-refractivity contribution is -0.117. The van der Waals surface area contributed by atoms with Gasteiger partial charge >= 0.3 is 0 Å². The van der Waals surface area contributed by atoms with Gasteiger partial charge in [0.1, 0.15) is 11.2 Å². The number of hydrogen-bond acceptors (Lipinski definition) is 5. The van der Waals surface area contributed by atoms with Gasteiger partial charge in [0.15, 0.2) is 0 Å². The van der Waals surface area contributed by atoms with Gasteiger partial charge in [0.05, 0.1) is 5.39 Å². The molecule has 0 aliphatic carbocycles. The monoisotopic (exact) mass is 466 g/mol. The van der Waals surface area contributed by atoms with Crippen molar-refractivity contribution in [1.29, 1.82) is 0 Å². The zero-order valence-electron chi connectivity index (χ0n) is 17.1. The highest BCUT2D eigenvalue weighted by atomic mass is 35.5. The topological polar surface area (TPSA) is 93.1 Å². The number of thiophene rings is 1. The molecule has 0 unspecified atom stereocenters. The predicted octanol–water partition coefficient (Wildman–Crippen LogP) is 3.98. The summed E-state index contributed by atoms with van der Waals surface area (Å²) < 4.78 is 1.09. The van der Waals surface area contributed by atoms with Gasteiger partial charge in [-0.3, -0.25) is 19.8 Å². The number of carbonyl (C=O) groups excluding carboxylic acids is 2. The van der Waals surface area contributed by atoms with E-state index in [4.69, 9.17) is 11.6 Å². The molecule has 4 aromatic rings. The highest BCUT2D eigenvalue weighted by Gasteiger charge is 2.17. The number of nitrogens with zero attached hydrogens (tertiary/aromatic N) is 2. The first-order valence-corrected chi connectivity index (χ1v) is 11.0. The van der Waals surface area contributed by atoms with Crippen LogP contribution in [0.4, 0.5) is 0 Å². The average Bonchev–Trinajstić information content (AvgIpc) is 3.13. The van der Waals surface area contributed by atoms with Crippen LogP contribution < -0.4 is 16.3 Å². The van der Waals surface area contributed by atoms with E-state index in [2.05, 4.69) is 15.7 Å². The molecule has 162 valence electrons. The molecular formula is C23H19ClN4O3S. The molecule has 7 nitrogen and oxygen atoms in total. The zero-order chi connectivity index (χ0) is 22.7. The summed E-state index contributed by atoms with van der Waals surface area (Å²) in [5.41, 5.74) is 4.39. The molecule has 0 atom stereocenters. The number of aromatic nitrogens is 2. The van der Waals surface area contributed by atoms with Crippen molar-refractivity contribution in [3.8, 4) is 11.1 Å². The molecule has 0 radical (unpaired) electrons. The van der Waals surface area contributed by atoms with Crippen LogP contribution in [0.15, 0.2) is 65.7 Å². The molecule has 32 heavy (non-hydrogen) atoms. The van der Waals surface area contributed by atoms with Gasteiger partial charge in [-0.2, -0.15) is 0 Å². The standard InChI is InChI=1S/C23H19ClN4O3S/c1-14-19(15-5-3-2-4-6-15)20-22(32-14)26-13-28(23(20)31)27-18(29)11-12-25-21(30)16-7-9-17(24)10-8-16/h2-10,13H,11-12H2,1H3,(H,25,30)(H,27,29). The molecule has 9 heteroatoms. The number of benzene rings is 2. The third-order valence-electron chi connectivity index (χ3n) is 4.84. The van der Waals surface area contributed by atoms with Crippen molar-refractivity contribution >= 4 is 45.0 Å². The fraction of sp³-hybridized carbons (Fsp3) is 0.130. The maximum absolute atomic E-state index is 13.1. The Morgan fingerprint density at radius 3 is 2.53 bits per heavy atom. The van der Waals surface area contributed by atoms with Crippen LogP contribution in [0.1, 0.15) is 21.7 Å². The van der Waals surface area contributed by atoms with Gasteiger partial charge in [0.2, 0.25) is 5.91 Å². The lowest BCUT2D eigenvalue weighted by Gasteiger charge is -2.09. The Hall–Kier alpha value is -3.49. The summed E-state index contributed by atoms with van der Waals surface area (Å²) in [7, 11) is 0. The van der Waals surface area contributed by atoms with Crippen molar-refractivity contribution in [2.45, 2.75) is 13.3 Å². The van der Waals surface area contributed by atoms with Crippen LogP contribution in [0.2, 0.25) is 5.02 Å². The van der Waals surface area contributed by atoms with E-state index in [-0.39, 0.29) is 24.4 Å². The second-order valence-electron chi connectivity index (χ2n) is 7.05. The summed E-state index contributed by atoms with van der Waals surface area (Å²) in [6, 6.07) is 16.1. The minimum Gasteiger partial charge on any atom is -0.352 e. The summed E-state index contributed by atoms with van der Waals surface area (Å²) in [5, 5.41) is 3.67. The fourth-order valence-electron chi connectivity index (χ4n) is 3.32. The predicted molar refractivity (Wildman–Crippen MR) is 127 cm³/mol. The van der Waals surface area contributed by atoms with E-state index in [1.165, 1.54) is 17.7 Å². The highest BCUT2D eigenvalue weighted by Crippen LogP contribution is 2.35. The molecule has 0 saturated carbocycles. The minimum absolute atomic E-state index is 0.00197. The lowest BCUT2D eigenvalue weighted by atomic mass is 10.0. The molecule has 0 fully saturated rings. The average molecular weight is 467 g/mol. The Labute approximate surface area is 192 Å². The largest absolute Gasteiger partial charge is 0.352 e. The van der Waals surface area contributed by atoms with E-state index < -0.39 is 5.91 Å². The summed E-state index contributed by atoms with van der Waals surface area (Å²) in [4.78, 5) is 43.5. The highest BCUT2D eigenvalue weighted by molar-refractivity contribution is 7.19. The van der Waals surface area contributed by atoms with E-state index >= 15 is 0 Å². The number of hydrogen-bond donors (Lipinski definition) is 2. The van der Waals surface area contributed by atoms with E-state index in [0.717, 1.165) is 20.7 Å². The Balaban J connectivity index is 1.46. The van der Waals surface area contributed by atoms with E-state index in [1.807, 2.05) is 37.3 Å². The molecule has 0 saturated heterocycles. The summed E-state index contributed by atoms with van der Waals surface area (Å²) in [5.74, 6) is -0.728. The first-order valence-electron chi connectivity index (χ1n) is 9.84. The first kappa shape index (κ1) is 21.7. The molecule has 2 aromatic carbocycles. The van der Waals surface area contributed by atoms with Gasteiger partial charge in [-0.15, -0.1) is 11.3 Å². The van der Waals surface area contributed by atoms with Crippen molar-refractivity contribution in [3.05, 3.63) is 86.7 Å².